The number of hydrogen-bond acceptors (Lipinski definition) is 6. The lowest BCUT2D eigenvalue weighted by molar-refractivity contribution is -0.137. The van der Waals surface area contributed by atoms with Crippen molar-refractivity contribution in [1.82, 2.24) is 20.1 Å². The maximum atomic E-state index is 12.9. The first kappa shape index (κ1) is 27.9. The summed E-state index contributed by atoms with van der Waals surface area (Å²) in [6.45, 7) is 3.28. The molecule has 1 saturated carbocycles. The summed E-state index contributed by atoms with van der Waals surface area (Å²) in [6.07, 6.45) is -1.89. The largest absolute Gasteiger partial charge is 0.419 e. The van der Waals surface area contributed by atoms with E-state index < -0.39 is 34.9 Å². The van der Waals surface area contributed by atoms with Gasteiger partial charge in [-0.25, -0.2) is 4.79 Å². The van der Waals surface area contributed by atoms with Crippen LogP contribution >= 0.6 is 0 Å². The summed E-state index contributed by atoms with van der Waals surface area (Å²) in [4.78, 5) is 38.7. The van der Waals surface area contributed by atoms with Crippen LogP contribution in [0.3, 0.4) is 0 Å². The highest BCUT2D eigenvalue weighted by Crippen LogP contribution is 2.40. The molecular weight excluding hydrogens is 529 g/mol. The minimum Gasteiger partial charge on any atom is -0.408 e. The highest BCUT2D eigenvalue weighted by atomic mass is 19.4. The van der Waals surface area contributed by atoms with Gasteiger partial charge >= 0.3 is 11.9 Å². The molecule has 2 aliphatic rings. The average molecular weight is 561 g/mol. The van der Waals surface area contributed by atoms with Crippen LogP contribution in [0.5, 0.6) is 0 Å². The summed E-state index contributed by atoms with van der Waals surface area (Å²) >= 11 is 0. The molecule has 2 fully saturated rings. The van der Waals surface area contributed by atoms with E-state index in [0.29, 0.717) is 43.6 Å². The fourth-order valence-corrected chi connectivity index (χ4v) is 5.67. The Morgan fingerprint density at radius 1 is 1.12 bits per heavy atom. The fraction of sp³-hybridized carbons (Fsp3) is 0.464. The lowest BCUT2D eigenvalue weighted by atomic mass is 9.76. The Labute approximate surface area is 227 Å². The van der Waals surface area contributed by atoms with Crippen molar-refractivity contribution in [2.45, 2.75) is 63.0 Å². The second kappa shape index (κ2) is 10.7. The molecule has 9 nitrogen and oxygen atoms in total. The Balaban J connectivity index is 1.07. The van der Waals surface area contributed by atoms with Crippen molar-refractivity contribution in [2.75, 3.05) is 19.6 Å². The molecule has 0 atom stereocenters. The monoisotopic (exact) mass is 560 g/mol. The van der Waals surface area contributed by atoms with Gasteiger partial charge in [0.15, 0.2) is 5.58 Å². The standard InChI is InChI=1S/C28H31F3N4O5/c1-2-35-22-13-18(6-7-23(22)40-26(35)38)27(39)10-8-21(9-11-27)34-15-20(16-34)33-24(36)14-32-25(37)17-4-3-5-19(12-17)28(29,30)31/h3-7,12-13,20-21,39H,2,8-11,14-16H2,1H3,(H,32,37)(H,33,36)/t21-,27-. The molecule has 0 radical (unpaired) electrons. The molecule has 1 aliphatic carbocycles. The van der Waals surface area contributed by atoms with Crippen LogP contribution < -0.4 is 16.4 Å². The van der Waals surface area contributed by atoms with Crippen molar-refractivity contribution in [1.29, 1.82) is 0 Å². The molecule has 12 heteroatoms. The number of aryl methyl sites for hydroxylation is 1. The number of halogens is 3. The summed E-state index contributed by atoms with van der Waals surface area (Å²) in [7, 11) is 0. The number of amides is 2. The van der Waals surface area contributed by atoms with Crippen molar-refractivity contribution in [3.8, 4) is 0 Å². The molecule has 0 bridgehead atoms. The zero-order valence-electron chi connectivity index (χ0n) is 22.0. The molecule has 3 N–H and O–H groups in total. The number of likely N-dealkylation sites (tertiary alicyclic amines) is 1. The number of rotatable bonds is 7. The minimum absolute atomic E-state index is 0.0898. The second-order valence-corrected chi connectivity index (χ2v) is 10.5. The van der Waals surface area contributed by atoms with Gasteiger partial charge in [0.05, 0.1) is 29.3 Å². The van der Waals surface area contributed by atoms with Crippen LogP contribution in [0.2, 0.25) is 0 Å². The molecule has 1 saturated heterocycles. The summed E-state index contributed by atoms with van der Waals surface area (Å²) in [6, 6.07) is 9.59. The topological polar surface area (TPSA) is 117 Å². The number of aliphatic hydroxyl groups is 1. The quantitative estimate of drug-likeness (QED) is 0.409. The average Bonchev–Trinajstić information content (AvgIpc) is 3.23. The van der Waals surface area contributed by atoms with Crippen LogP contribution in [0.1, 0.15) is 54.1 Å². The van der Waals surface area contributed by atoms with Crippen LogP contribution in [-0.4, -0.2) is 58.1 Å². The minimum atomic E-state index is -4.56. The van der Waals surface area contributed by atoms with Gasteiger partial charge in [-0.15, -0.1) is 0 Å². The third-order valence-electron chi connectivity index (χ3n) is 7.96. The van der Waals surface area contributed by atoms with E-state index in [4.69, 9.17) is 4.42 Å². The zero-order chi connectivity index (χ0) is 28.7. The molecule has 2 heterocycles. The van der Waals surface area contributed by atoms with E-state index >= 15 is 0 Å². The van der Waals surface area contributed by atoms with Crippen LogP contribution in [0.25, 0.3) is 11.1 Å². The highest BCUT2D eigenvalue weighted by Gasteiger charge is 2.40. The number of fused-ring (bicyclic) bond motifs is 1. The van der Waals surface area contributed by atoms with E-state index in [1.54, 1.807) is 10.6 Å². The summed E-state index contributed by atoms with van der Waals surface area (Å²) in [5, 5.41) is 16.6. The first-order valence-corrected chi connectivity index (χ1v) is 13.3. The van der Waals surface area contributed by atoms with Crippen molar-refractivity contribution in [3.63, 3.8) is 0 Å². The fourth-order valence-electron chi connectivity index (χ4n) is 5.67. The Morgan fingerprint density at radius 3 is 2.52 bits per heavy atom. The molecule has 3 aromatic rings. The van der Waals surface area contributed by atoms with Gasteiger partial charge in [-0.1, -0.05) is 12.1 Å². The number of nitrogens with zero attached hydrogens (tertiary/aromatic N) is 2. The van der Waals surface area contributed by atoms with E-state index in [9.17, 15) is 32.7 Å². The zero-order valence-corrected chi connectivity index (χ0v) is 22.0. The van der Waals surface area contributed by atoms with E-state index in [-0.39, 0.29) is 24.2 Å². The number of hydrogen-bond donors (Lipinski definition) is 3. The van der Waals surface area contributed by atoms with Gasteiger partial charge in [-0.05, 0) is 68.5 Å². The van der Waals surface area contributed by atoms with Crippen LogP contribution in [0.4, 0.5) is 13.2 Å². The molecule has 0 spiro atoms. The van der Waals surface area contributed by atoms with Gasteiger partial charge in [-0.3, -0.25) is 19.1 Å². The van der Waals surface area contributed by atoms with E-state index in [1.807, 2.05) is 19.1 Å². The van der Waals surface area contributed by atoms with Crippen molar-refractivity contribution in [3.05, 3.63) is 69.7 Å². The predicted molar refractivity (Wildman–Crippen MR) is 140 cm³/mol. The lowest BCUT2D eigenvalue weighted by Crippen LogP contribution is -2.63. The second-order valence-electron chi connectivity index (χ2n) is 10.5. The van der Waals surface area contributed by atoms with E-state index in [1.165, 1.54) is 6.07 Å². The molecule has 2 aromatic carbocycles. The SMILES string of the molecule is CCn1c(=O)oc2ccc([C@]3(O)CC[C@H](N4CC(NC(=O)CNC(=O)c5cccc(C(F)(F)F)c5)C4)CC3)cc21. The van der Waals surface area contributed by atoms with Crippen molar-refractivity contribution >= 4 is 22.9 Å². The van der Waals surface area contributed by atoms with Crippen molar-refractivity contribution in [2.24, 2.45) is 0 Å². The van der Waals surface area contributed by atoms with Gasteiger partial charge < -0.3 is 20.2 Å². The van der Waals surface area contributed by atoms with Crippen molar-refractivity contribution < 1.29 is 32.3 Å². The Kier molecular flexibility index (Phi) is 7.49. The first-order chi connectivity index (χ1) is 19.0. The molecule has 0 unspecified atom stereocenters. The third kappa shape index (κ3) is 5.64. The molecule has 2 amide bonds. The number of benzene rings is 2. The number of nitrogens with one attached hydrogen (secondary N) is 2. The normalized spacial score (nSPS) is 22.2. The van der Waals surface area contributed by atoms with Gasteiger partial charge in [0, 0.05) is 31.2 Å². The maximum Gasteiger partial charge on any atom is 0.419 e. The molecular formula is C28H31F3N4O5. The van der Waals surface area contributed by atoms with Gasteiger partial charge in [0.25, 0.3) is 5.91 Å². The van der Waals surface area contributed by atoms with E-state index in [0.717, 1.165) is 36.6 Å². The van der Waals surface area contributed by atoms with Gasteiger partial charge in [-0.2, -0.15) is 13.2 Å². The Morgan fingerprint density at radius 2 is 1.85 bits per heavy atom. The third-order valence-corrected chi connectivity index (χ3v) is 7.96. The maximum absolute atomic E-state index is 12.9. The number of aromatic nitrogens is 1. The van der Waals surface area contributed by atoms with Gasteiger partial charge in [0.2, 0.25) is 5.91 Å². The van der Waals surface area contributed by atoms with Crippen LogP contribution in [0.15, 0.2) is 51.7 Å². The molecule has 214 valence electrons. The Hall–Kier alpha value is -3.64. The summed E-state index contributed by atoms with van der Waals surface area (Å²) in [5.41, 5.74) is -0.152. The Bertz CT molecular complexity index is 1470. The van der Waals surface area contributed by atoms with Crippen LogP contribution in [0, 0.1) is 0 Å². The van der Waals surface area contributed by atoms with Crippen LogP contribution in [-0.2, 0) is 23.1 Å². The molecule has 1 aromatic heterocycles. The van der Waals surface area contributed by atoms with E-state index in [2.05, 4.69) is 15.5 Å². The summed E-state index contributed by atoms with van der Waals surface area (Å²) in [5.74, 6) is -1.58. The molecule has 40 heavy (non-hydrogen) atoms. The summed E-state index contributed by atoms with van der Waals surface area (Å²) < 4.78 is 45.4. The molecule has 5 rings (SSSR count). The number of carbonyl (C=O) groups excluding carboxylic acids is 2. The first-order valence-electron chi connectivity index (χ1n) is 13.3. The lowest BCUT2D eigenvalue weighted by Gasteiger charge is -2.48. The number of carbonyl (C=O) groups is 2. The predicted octanol–water partition coefficient (Wildman–Crippen LogP) is 2.99. The van der Waals surface area contributed by atoms with Gasteiger partial charge in [0.1, 0.15) is 0 Å². The highest BCUT2D eigenvalue weighted by molar-refractivity contribution is 5.96. The number of oxazole rings is 1. The molecule has 1 aliphatic heterocycles. The smallest absolute Gasteiger partial charge is 0.408 e. The number of alkyl halides is 3.